The Morgan fingerprint density at radius 2 is 0.942 bits per heavy atom. The van der Waals surface area contributed by atoms with Crippen molar-refractivity contribution in [3.8, 4) is 12.3 Å². The summed E-state index contributed by atoms with van der Waals surface area (Å²) in [4.78, 5) is 152. The summed E-state index contributed by atoms with van der Waals surface area (Å²) >= 11 is 0. The fourth-order valence-corrected chi connectivity index (χ4v) is 9.96. The van der Waals surface area contributed by atoms with E-state index in [2.05, 4.69) is 47.8 Å². The summed E-state index contributed by atoms with van der Waals surface area (Å²) in [6, 6.07) is -4.62. The lowest BCUT2D eigenvalue weighted by Gasteiger charge is -2.40. The van der Waals surface area contributed by atoms with Gasteiger partial charge in [0.1, 0.15) is 68.1 Å². The zero-order chi connectivity index (χ0) is 76.8. The topological polar surface area (TPSA) is 454 Å². The van der Waals surface area contributed by atoms with Crippen molar-refractivity contribution < 1.29 is 138 Å². The van der Waals surface area contributed by atoms with Gasteiger partial charge in [0.05, 0.1) is 104 Å². The molecule has 10 atom stereocenters. The number of ether oxygens (including phenoxy) is 18. The van der Waals surface area contributed by atoms with Crippen LogP contribution in [0.5, 0.6) is 0 Å². The maximum absolute atomic E-state index is 13.6. The minimum absolute atomic E-state index is 0.00789. The minimum atomic E-state index is -1.39. The first-order chi connectivity index (χ1) is 49.4. The highest BCUT2D eigenvalue weighted by Gasteiger charge is 2.51. The molecule has 4 heterocycles. The van der Waals surface area contributed by atoms with Crippen LogP contribution in [-0.4, -0.2) is 301 Å². The van der Waals surface area contributed by atoms with Crippen molar-refractivity contribution in [1.82, 2.24) is 36.8 Å². The largest absolute Gasteiger partial charge is 0.508 e. The van der Waals surface area contributed by atoms with Gasteiger partial charge in [0, 0.05) is 53.2 Å². The van der Waals surface area contributed by atoms with Crippen LogP contribution >= 0.6 is 0 Å². The van der Waals surface area contributed by atoms with E-state index in [9.17, 15) is 52.7 Å². The molecule has 0 unspecified atom stereocenters. The number of hydrogen-bond donors (Lipinski definition) is 6. The molecule has 584 valence electrons. The normalized spacial score (nSPS) is 20.8. The number of methoxy groups -OCH3 is 2. The van der Waals surface area contributed by atoms with E-state index in [1.54, 1.807) is 41.5 Å². The highest BCUT2D eigenvalue weighted by molar-refractivity contribution is 5.95. The highest BCUT2D eigenvalue weighted by atomic mass is 16.8. The molecule has 4 aliphatic rings. The summed E-state index contributed by atoms with van der Waals surface area (Å²) in [6.45, 7) is 16.3. The number of nitrogens with zero attached hydrogens (tertiary/aromatic N) is 3. The number of hydrogen-bond acceptors (Lipinski definition) is 31. The van der Waals surface area contributed by atoms with Gasteiger partial charge in [0.15, 0.2) is 24.4 Å². The molecule has 0 saturated carbocycles. The molecule has 0 aromatic heterocycles. The lowest BCUT2D eigenvalue weighted by Crippen LogP contribution is -2.60. The zero-order valence-corrected chi connectivity index (χ0v) is 60.9. The quantitative estimate of drug-likeness (QED) is 0.0120. The van der Waals surface area contributed by atoms with Gasteiger partial charge < -0.3 is 111 Å². The molecule has 0 spiro atoms. The third kappa shape index (κ3) is 34.1. The smallest absolute Gasteiger partial charge is 0.478 e. The molecule has 0 aromatic rings. The Morgan fingerprint density at radius 3 is 1.30 bits per heavy atom. The standard InChI is InChI=1S/C66H101N9O29/c1-14-22-89-28-30-93-32-33-94-31-29-92-25-17-52(80)75(20-26-90-23-15-18-67-50(78)38-95-55(48-36-97-63(85)101-48)57-53(73-42(4)76)44(34-46(99-57)59(81)87-12)69-40(2)71-61(83)103-65(6,7)8)21-27-91-24-16-19-68-51(79)39-96-56(49-37-98-64(86)102-49)58-54(74-43(5)77)45(35-47(100-58)60(82)88-13)70-41(3)72-62(84)104-66(9,10)11/h1,34-35,44-45,48-49,53-58H,15-33,36-39H2,2-13H3,(H,67,78)(H,68,79)(H,73,76)(H,74,77)(H,69,71,83)(H,70,72,84)/t44-,45-,48+,49+,53+,54+,55+,56+,57+,58+/m0/s1. The third-order valence-electron chi connectivity index (χ3n) is 14.3. The molecule has 2 fully saturated rings. The Bertz CT molecular complexity index is 2850. The number of carbonyl (C=O) groups excluding carboxylic acids is 11. The van der Waals surface area contributed by atoms with Crippen LogP contribution in [-0.2, 0) is 119 Å². The zero-order valence-electron chi connectivity index (χ0n) is 60.9. The lowest BCUT2D eigenvalue weighted by atomic mass is 9.92. The van der Waals surface area contributed by atoms with E-state index in [0.717, 1.165) is 14.2 Å². The second-order valence-electron chi connectivity index (χ2n) is 25.2. The van der Waals surface area contributed by atoms with E-state index < -0.39 is 145 Å². The lowest BCUT2D eigenvalue weighted by molar-refractivity contribution is -0.155. The molecule has 4 rings (SSSR count). The summed E-state index contributed by atoms with van der Waals surface area (Å²) in [5, 5.41) is 15.9. The van der Waals surface area contributed by atoms with E-state index in [0.29, 0.717) is 39.3 Å². The molecule has 0 aromatic carbocycles. The maximum atomic E-state index is 13.6. The van der Waals surface area contributed by atoms with Crippen molar-refractivity contribution in [1.29, 1.82) is 0 Å². The van der Waals surface area contributed by atoms with Crippen molar-refractivity contribution >= 4 is 77.6 Å². The van der Waals surface area contributed by atoms with Gasteiger partial charge in [-0.3, -0.25) is 44.6 Å². The van der Waals surface area contributed by atoms with Crippen LogP contribution in [0.1, 0.15) is 88.5 Å². The molecule has 6 N–H and O–H groups in total. The van der Waals surface area contributed by atoms with Crippen LogP contribution in [0.4, 0.5) is 19.2 Å². The highest BCUT2D eigenvalue weighted by Crippen LogP contribution is 2.32. The number of carbonyl (C=O) groups is 11. The van der Waals surface area contributed by atoms with E-state index >= 15 is 0 Å². The van der Waals surface area contributed by atoms with Gasteiger partial charge in [-0.25, -0.2) is 28.8 Å². The molecule has 0 aliphatic carbocycles. The molecule has 104 heavy (non-hydrogen) atoms. The number of alkyl carbamates (subject to hydrolysis) is 2. The first kappa shape index (κ1) is 87.4. The minimum Gasteiger partial charge on any atom is -0.478 e. The Kier molecular flexibility index (Phi) is 38.7. The molecule has 38 heteroatoms. The van der Waals surface area contributed by atoms with Crippen molar-refractivity contribution in [2.45, 2.75) is 160 Å². The predicted octanol–water partition coefficient (Wildman–Crippen LogP) is 0.336. The molecule has 38 nitrogen and oxygen atoms in total. The molecule has 4 aliphatic heterocycles. The van der Waals surface area contributed by atoms with E-state index in [4.69, 9.17) is 91.7 Å². The number of terminal acetylenes is 1. The molecule has 0 radical (unpaired) electrons. The summed E-state index contributed by atoms with van der Waals surface area (Å²) in [5.41, 5.74) is -1.70. The van der Waals surface area contributed by atoms with Crippen LogP contribution in [0.15, 0.2) is 33.7 Å². The second-order valence-corrected chi connectivity index (χ2v) is 25.2. The third-order valence-corrected chi connectivity index (χ3v) is 14.3. The van der Waals surface area contributed by atoms with Crippen LogP contribution in [0.25, 0.3) is 0 Å². The van der Waals surface area contributed by atoms with Crippen LogP contribution in [0, 0.1) is 12.3 Å². The van der Waals surface area contributed by atoms with Gasteiger partial charge in [-0.15, -0.1) is 6.42 Å². The van der Waals surface area contributed by atoms with E-state index in [-0.39, 0.29) is 128 Å². The number of esters is 2. The van der Waals surface area contributed by atoms with Gasteiger partial charge in [-0.05, 0) is 80.4 Å². The second kappa shape index (κ2) is 46.0. The SMILES string of the molecule is C#CCOCCOCCOCCOCCC(=O)N(CCOCCCNC(=O)CO[C@@H]([C@@H]1OC(C(=O)OC)=C[C@H](N=C(C)NC(=O)OC(C)(C)C)[C@H]1NC(C)=O)[C@H]1COC(=O)O1)CCOCCCNC(=O)CO[C@@H]([C@@H]1OC(C(=O)OC)=C[C@H](N=C(C)NC(=O)OC(C)(C)C)[C@H]1NC(C)=O)[C@H]1COC(=O)O1. The first-order valence-electron chi connectivity index (χ1n) is 33.6. The maximum Gasteiger partial charge on any atom is 0.508 e. The van der Waals surface area contributed by atoms with Crippen molar-refractivity contribution in [3.05, 3.63) is 23.7 Å². The molecular weight excluding hydrogens is 1380 g/mol. The molecule has 0 bridgehead atoms. The first-order valence-corrected chi connectivity index (χ1v) is 33.6. The van der Waals surface area contributed by atoms with E-state index in [1.165, 1.54) is 44.7 Å². The number of aliphatic imine (C=N–C) groups is 2. The van der Waals surface area contributed by atoms with Gasteiger partial charge in [0.25, 0.3) is 0 Å². The Morgan fingerprint density at radius 1 is 0.558 bits per heavy atom. The van der Waals surface area contributed by atoms with Gasteiger partial charge in [-0.1, -0.05) is 5.92 Å². The van der Waals surface area contributed by atoms with Crippen LogP contribution < -0.4 is 31.9 Å². The number of amides is 7. The average molecular weight is 1480 g/mol. The fourth-order valence-electron chi connectivity index (χ4n) is 9.96. The Labute approximate surface area is 603 Å². The summed E-state index contributed by atoms with van der Waals surface area (Å²) in [6.07, 6.45) is -3.48. The summed E-state index contributed by atoms with van der Waals surface area (Å²) in [5.74, 6) is -2.86. The Hall–Kier alpha value is -8.97. The van der Waals surface area contributed by atoms with Gasteiger partial charge in [-0.2, -0.15) is 0 Å². The number of cyclic esters (lactones) is 4. The fraction of sp³-hybridized carbons (Fsp3) is 0.712. The molecule has 2 saturated heterocycles. The van der Waals surface area contributed by atoms with Crippen LogP contribution in [0.3, 0.4) is 0 Å². The average Bonchev–Trinajstić information content (AvgIpc) is 1.41. The Balaban J connectivity index is 1.33. The van der Waals surface area contributed by atoms with Gasteiger partial charge >= 0.3 is 36.4 Å². The van der Waals surface area contributed by atoms with Crippen molar-refractivity contribution in [3.63, 3.8) is 0 Å². The number of amidine groups is 2. The van der Waals surface area contributed by atoms with Crippen molar-refractivity contribution in [2.75, 3.05) is 146 Å². The van der Waals surface area contributed by atoms with E-state index in [1.807, 2.05) is 0 Å². The monoisotopic (exact) mass is 1480 g/mol. The van der Waals surface area contributed by atoms with Crippen molar-refractivity contribution in [2.24, 2.45) is 9.98 Å². The van der Waals surface area contributed by atoms with Crippen LogP contribution in [0.2, 0.25) is 0 Å². The molecular formula is C66H101N9O29. The summed E-state index contributed by atoms with van der Waals surface area (Å²) in [7, 11) is 2.21. The number of rotatable bonds is 43. The summed E-state index contributed by atoms with van der Waals surface area (Å²) < 4.78 is 99.1. The number of nitrogens with one attached hydrogen (secondary N) is 6. The van der Waals surface area contributed by atoms with Gasteiger partial charge in [0.2, 0.25) is 41.1 Å². The predicted molar refractivity (Wildman–Crippen MR) is 360 cm³/mol. The molecule has 7 amide bonds.